The smallest absolute Gasteiger partial charge is 0.147 e. The monoisotopic (exact) mass is 322 g/mol. The minimum absolute atomic E-state index is 0.211. The number of halogens is 1. The molecule has 1 N–H and O–H groups in total. The summed E-state index contributed by atoms with van der Waals surface area (Å²) in [5.74, 6) is 0.705. The highest BCUT2D eigenvalue weighted by Crippen LogP contribution is 2.22. The molecule has 0 spiro atoms. The zero-order valence-electron chi connectivity index (χ0n) is 13.3. The van der Waals surface area contributed by atoms with E-state index in [1.807, 2.05) is 30.5 Å². The third kappa shape index (κ3) is 3.15. The van der Waals surface area contributed by atoms with Gasteiger partial charge in [0.1, 0.15) is 11.6 Å². The van der Waals surface area contributed by atoms with E-state index in [0.717, 1.165) is 48.5 Å². The molecular weight excluding hydrogens is 303 g/mol. The van der Waals surface area contributed by atoms with E-state index in [-0.39, 0.29) is 5.82 Å². The number of benzene rings is 2. The Morgan fingerprint density at radius 1 is 1.04 bits per heavy atom. The molecule has 4 rings (SSSR count). The van der Waals surface area contributed by atoms with E-state index in [0.29, 0.717) is 6.04 Å². The second-order valence-corrected chi connectivity index (χ2v) is 6.15. The lowest BCUT2D eigenvalue weighted by Crippen LogP contribution is -2.42. The number of hydrogen-bond donors (Lipinski definition) is 1. The van der Waals surface area contributed by atoms with Gasteiger partial charge in [0.2, 0.25) is 0 Å². The maximum atomic E-state index is 13.0. The van der Waals surface area contributed by atoms with Crippen LogP contribution >= 0.6 is 0 Å². The molecule has 4 nitrogen and oxygen atoms in total. The summed E-state index contributed by atoms with van der Waals surface area (Å²) in [7, 11) is 0. The molecule has 1 aromatic heterocycles. The largest absolute Gasteiger partial charge is 0.381 e. The SMILES string of the molecule is Fc1ccc(N[C@@H]2CCCN(c3cnc4ccccc4n3)C2)cc1. The Balaban J connectivity index is 1.50. The first-order chi connectivity index (χ1) is 11.8. The Morgan fingerprint density at radius 2 is 1.83 bits per heavy atom. The number of rotatable bonds is 3. The molecule has 2 heterocycles. The van der Waals surface area contributed by atoms with Crippen molar-refractivity contribution in [1.82, 2.24) is 9.97 Å². The lowest BCUT2D eigenvalue weighted by molar-refractivity contribution is 0.526. The van der Waals surface area contributed by atoms with Crippen LogP contribution in [0.1, 0.15) is 12.8 Å². The van der Waals surface area contributed by atoms with Gasteiger partial charge in [-0.15, -0.1) is 0 Å². The van der Waals surface area contributed by atoms with Gasteiger partial charge >= 0.3 is 0 Å². The number of piperidine rings is 1. The molecule has 1 aliphatic rings. The van der Waals surface area contributed by atoms with Crippen LogP contribution in [-0.4, -0.2) is 29.1 Å². The van der Waals surface area contributed by atoms with Gasteiger partial charge in [-0.05, 0) is 49.2 Å². The minimum atomic E-state index is -0.211. The quantitative estimate of drug-likeness (QED) is 0.795. The summed E-state index contributed by atoms with van der Waals surface area (Å²) < 4.78 is 13.0. The Bertz CT molecular complexity index is 834. The zero-order valence-corrected chi connectivity index (χ0v) is 13.3. The van der Waals surface area contributed by atoms with E-state index >= 15 is 0 Å². The summed E-state index contributed by atoms with van der Waals surface area (Å²) in [6.07, 6.45) is 4.03. The van der Waals surface area contributed by atoms with Gasteiger partial charge in [0.25, 0.3) is 0 Å². The van der Waals surface area contributed by atoms with Crippen LogP contribution in [0.3, 0.4) is 0 Å². The fraction of sp³-hybridized carbons (Fsp3) is 0.263. The van der Waals surface area contributed by atoms with Crippen LogP contribution in [0.25, 0.3) is 11.0 Å². The average Bonchev–Trinajstić information content (AvgIpc) is 2.63. The predicted molar refractivity (Wildman–Crippen MR) is 94.8 cm³/mol. The van der Waals surface area contributed by atoms with Crippen molar-refractivity contribution in [1.29, 1.82) is 0 Å². The number of hydrogen-bond acceptors (Lipinski definition) is 4. The van der Waals surface area contributed by atoms with Gasteiger partial charge in [0.15, 0.2) is 0 Å². The van der Waals surface area contributed by atoms with E-state index in [9.17, 15) is 4.39 Å². The molecule has 1 fully saturated rings. The number of nitrogens with one attached hydrogen (secondary N) is 1. The van der Waals surface area contributed by atoms with Crippen molar-refractivity contribution in [3.8, 4) is 0 Å². The normalized spacial score (nSPS) is 17.9. The van der Waals surface area contributed by atoms with Gasteiger partial charge in [0, 0.05) is 24.8 Å². The Hall–Kier alpha value is -2.69. The molecule has 1 atom stereocenters. The number of aromatic nitrogens is 2. The van der Waals surface area contributed by atoms with Gasteiger partial charge in [-0.1, -0.05) is 12.1 Å². The summed E-state index contributed by atoms with van der Waals surface area (Å²) in [5, 5.41) is 3.49. The lowest BCUT2D eigenvalue weighted by atomic mass is 10.1. The van der Waals surface area contributed by atoms with Crippen LogP contribution in [-0.2, 0) is 0 Å². The van der Waals surface area contributed by atoms with Crippen molar-refractivity contribution in [3.63, 3.8) is 0 Å². The molecule has 0 unspecified atom stereocenters. The minimum Gasteiger partial charge on any atom is -0.381 e. The van der Waals surface area contributed by atoms with Crippen molar-refractivity contribution in [2.75, 3.05) is 23.3 Å². The zero-order chi connectivity index (χ0) is 16.4. The van der Waals surface area contributed by atoms with E-state index in [1.54, 1.807) is 12.1 Å². The highest BCUT2D eigenvalue weighted by atomic mass is 19.1. The van der Waals surface area contributed by atoms with E-state index < -0.39 is 0 Å². The molecule has 0 saturated carbocycles. The maximum absolute atomic E-state index is 13.0. The van der Waals surface area contributed by atoms with Gasteiger partial charge < -0.3 is 10.2 Å². The molecule has 2 aromatic carbocycles. The molecule has 0 aliphatic carbocycles. The average molecular weight is 322 g/mol. The first-order valence-electron chi connectivity index (χ1n) is 8.27. The first kappa shape index (κ1) is 14.9. The number of anilines is 2. The Labute approximate surface area is 140 Å². The molecule has 0 radical (unpaired) electrons. The topological polar surface area (TPSA) is 41.0 Å². The van der Waals surface area contributed by atoms with Crippen molar-refractivity contribution < 1.29 is 4.39 Å². The highest BCUT2D eigenvalue weighted by molar-refractivity contribution is 5.75. The molecular formula is C19H19FN4. The molecule has 0 bridgehead atoms. The molecule has 1 aliphatic heterocycles. The molecule has 0 amide bonds. The fourth-order valence-electron chi connectivity index (χ4n) is 3.18. The van der Waals surface area contributed by atoms with Crippen LogP contribution < -0.4 is 10.2 Å². The lowest BCUT2D eigenvalue weighted by Gasteiger charge is -2.34. The van der Waals surface area contributed by atoms with E-state index in [1.165, 1.54) is 12.1 Å². The summed E-state index contributed by atoms with van der Waals surface area (Å²) in [6.45, 7) is 1.85. The number of nitrogens with zero attached hydrogens (tertiary/aromatic N) is 3. The second-order valence-electron chi connectivity index (χ2n) is 6.15. The van der Waals surface area contributed by atoms with Crippen molar-refractivity contribution in [2.45, 2.75) is 18.9 Å². The molecule has 24 heavy (non-hydrogen) atoms. The van der Waals surface area contributed by atoms with Crippen LogP contribution in [0.5, 0.6) is 0 Å². The van der Waals surface area contributed by atoms with Crippen molar-refractivity contribution in [3.05, 3.63) is 60.5 Å². The maximum Gasteiger partial charge on any atom is 0.147 e. The third-order valence-corrected chi connectivity index (χ3v) is 4.40. The molecule has 5 heteroatoms. The molecule has 3 aromatic rings. The van der Waals surface area contributed by atoms with Crippen LogP contribution in [0.4, 0.5) is 15.9 Å². The van der Waals surface area contributed by atoms with Gasteiger partial charge in [-0.25, -0.2) is 9.37 Å². The third-order valence-electron chi connectivity index (χ3n) is 4.40. The van der Waals surface area contributed by atoms with E-state index in [4.69, 9.17) is 4.98 Å². The molecule has 122 valence electrons. The summed E-state index contributed by atoms with van der Waals surface area (Å²) in [4.78, 5) is 11.5. The standard InChI is InChI=1S/C19H19FN4/c20-14-7-9-15(10-8-14)22-16-4-3-11-24(13-16)19-12-21-17-5-1-2-6-18(17)23-19/h1-2,5-10,12,16,22H,3-4,11,13H2/t16-/m1/s1. The summed E-state index contributed by atoms with van der Waals surface area (Å²) >= 11 is 0. The predicted octanol–water partition coefficient (Wildman–Crippen LogP) is 3.85. The summed E-state index contributed by atoms with van der Waals surface area (Å²) in [6, 6.07) is 14.8. The highest BCUT2D eigenvalue weighted by Gasteiger charge is 2.21. The van der Waals surface area contributed by atoms with Gasteiger partial charge in [0.05, 0.1) is 17.2 Å². The second kappa shape index (κ2) is 6.43. The van der Waals surface area contributed by atoms with Crippen LogP contribution in [0.15, 0.2) is 54.7 Å². The fourth-order valence-corrected chi connectivity index (χ4v) is 3.18. The van der Waals surface area contributed by atoms with Gasteiger partial charge in [-0.2, -0.15) is 0 Å². The Morgan fingerprint density at radius 3 is 2.67 bits per heavy atom. The number of para-hydroxylation sites is 2. The van der Waals surface area contributed by atoms with Crippen LogP contribution in [0, 0.1) is 5.82 Å². The van der Waals surface area contributed by atoms with Crippen molar-refractivity contribution in [2.24, 2.45) is 0 Å². The van der Waals surface area contributed by atoms with Gasteiger partial charge in [-0.3, -0.25) is 4.98 Å². The first-order valence-corrected chi connectivity index (χ1v) is 8.27. The van der Waals surface area contributed by atoms with Crippen molar-refractivity contribution >= 4 is 22.5 Å². The molecule has 1 saturated heterocycles. The van der Waals surface area contributed by atoms with E-state index in [2.05, 4.69) is 15.2 Å². The number of fused-ring (bicyclic) bond motifs is 1. The summed E-state index contributed by atoms with van der Waals surface area (Å²) in [5.41, 5.74) is 2.79. The van der Waals surface area contributed by atoms with Crippen LogP contribution in [0.2, 0.25) is 0 Å². The Kier molecular flexibility index (Phi) is 3.99.